The first-order chi connectivity index (χ1) is 5.95. The smallest absolute Gasteiger partial charge is 0.00156 e. The fourth-order valence-electron chi connectivity index (χ4n) is 2.19. The van der Waals surface area contributed by atoms with Crippen molar-refractivity contribution in [1.29, 1.82) is 0 Å². The van der Waals surface area contributed by atoms with Crippen molar-refractivity contribution in [3.8, 4) is 0 Å². The fourth-order valence-corrected chi connectivity index (χ4v) is 2.19. The van der Waals surface area contributed by atoms with E-state index in [-0.39, 0.29) is 0 Å². The van der Waals surface area contributed by atoms with E-state index in [1.54, 1.807) is 11.1 Å². The summed E-state index contributed by atoms with van der Waals surface area (Å²) in [5.74, 6) is 1.22. The molecule has 1 radical (unpaired) electrons. The lowest BCUT2D eigenvalue weighted by atomic mass is 9.88. The molecule has 1 rings (SSSR count). The number of rotatable bonds is 2. The predicted octanol–water partition coefficient (Wildman–Crippen LogP) is 4.15. The van der Waals surface area contributed by atoms with E-state index in [2.05, 4.69) is 41.5 Å². The summed E-state index contributed by atoms with van der Waals surface area (Å²) in [5.41, 5.74) is 6.13. The summed E-state index contributed by atoms with van der Waals surface area (Å²) in [5, 5.41) is 0. The first-order valence-electron chi connectivity index (χ1n) is 5.13. The Morgan fingerprint density at radius 2 is 1.46 bits per heavy atom. The maximum absolute atomic E-state index is 4.08. The van der Waals surface area contributed by atoms with Gasteiger partial charge in [0.25, 0.3) is 0 Å². The van der Waals surface area contributed by atoms with Gasteiger partial charge in [0.15, 0.2) is 0 Å². The van der Waals surface area contributed by atoms with Gasteiger partial charge in [-0.3, -0.25) is 0 Å². The van der Waals surface area contributed by atoms with Gasteiger partial charge in [-0.1, -0.05) is 25.0 Å². The molecule has 0 heteroatoms. The van der Waals surface area contributed by atoms with Crippen LogP contribution in [0.4, 0.5) is 0 Å². The Hall–Kier alpha value is -0.520. The van der Waals surface area contributed by atoms with E-state index in [1.807, 2.05) is 0 Å². The van der Waals surface area contributed by atoms with E-state index >= 15 is 0 Å². The lowest BCUT2D eigenvalue weighted by molar-refractivity contribution is 0.543. The Labute approximate surface area is 82.7 Å². The van der Waals surface area contributed by atoms with Gasteiger partial charge in [0.1, 0.15) is 0 Å². The molecular formula is C13H21. The average Bonchev–Trinajstić information content (AvgIpc) is 2.22. The normalized spacial score (nSPS) is 19.6. The van der Waals surface area contributed by atoms with Crippen molar-refractivity contribution in [2.75, 3.05) is 0 Å². The summed E-state index contributed by atoms with van der Waals surface area (Å²) in [4.78, 5) is 0. The molecule has 0 N–H and O–H groups in total. The van der Waals surface area contributed by atoms with Gasteiger partial charge in [-0.15, -0.1) is 0 Å². The molecule has 0 aliphatic heterocycles. The summed E-state index contributed by atoms with van der Waals surface area (Å²) in [7, 11) is 0. The molecule has 0 aromatic heterocycles. The van der Waals surface area contributed by atoms with Gasteiger partial charge >= 0.3 is 0 Å². The van der Waals surface area contributed by atoms with Gasteiger partial charge in [-0.2, -0.15) is 0 Å². The van der Waals surface area contributed by atoms with Crippen LogP contribution < -0.4 is 0 Å². The van der Waals surface area contributed by atoms with Crippen molar-refractivity contribution >= 4 is 0 Å². The molecule has 0 aromatic carbocycles. The molecule has 0 saturated heterocycles. The van der Waals surface area contributed by atoms with Crippen molar-refractivity contribution in [2.45, 2.75) is 41.0 Å². The third-order valence-corrected chi connectivity index (χ3v) is 3.43. The van der Waals surface area contributed by atoms with Gasteiger partial charge < -0.3 is 0 Å². The number of allylic oxidation sites excluding steroid dienone is 4. The van der Waals surface area contributed by atoms with Gasteiger partial charge in [0, 0.05) is 5.92 Å². The Morgan fingerprint density at radius 1 is 1.08 bits per heavy atom. The van der Waals surface area contributed by atoms with E-state index in [0.29, 0.717) is 11.8 Å². The lowest BCUT2D eigenvalue weighted by Gasteiger charge is -2.17. The molecular weight excluding hydrogens is 156 g/mol. The molecule has 0 aromatic rings. The highest BCUT2D eigenvalue weighted by molar-refractivity contribution is 5.46. The molecule has 0 bridgehead atoms. The zero-order valence-corrected chi connectivity index (χ0v) is 9.57. The topological polar surface area (TPSA) is 0 Å². The van der Waals surface area contributed by atoms with Crippen LogP contribution in [0.15, 0.2) is 22.3 Å². The molecule has 0 heterocycles. The van der Waals surface area contributed by atoms with E-state index < -0.39 is 0 Å². The van der Waals surface area contributed by atoms with Gasteiger partial charge in [0.2, 0.25) is 0 Å². The summed E-state index contributed by atoms with van der Waals surface area (Å²) in [6.07, 6.45) is 1.20. The summed E-state index contributed by atoms with van der Waals surface area (Å²) < 4.78 is 0. The molecule has 1 atom stereocenters. The minimum absolute atomic E-state index is 0.550. The second-order valence-electron chi connectivity index (χ2n) is 4.51. The first kappa shape index (κ1) is 10.6. The monoisotopic (exact) mass is 177 g/mol. The lowest BCUT2D eigenvalue weighted by Crippen LogP contribution is -2.05. The second-order valence-corrected chi connectivity index (χ2v) is 4.51. The van der Waals surface area contributed by atoms with Crippen molar-refractivity contribution < 1.29 is 0 Å². The molecule has 0 spiro atoms. The van der Waals surface area contributed by atoms with Gasteiger partial charge in [0.05, 0.1) is 0 Å². The van der Waals surface area contributed by atoms with E-state index in [0.717, 1.165) is 0 Å². The third-order valence-electron chi connectivity index (χ3n) is 3.43. The van der Waals surface area contributed by atoms with Gasteiger partial charge in [-0.25, -0.2) is 0 Å². The second kappa shape index (κ2) is 3.69. The highest BCUT2D eigenvalue weighted by atomic mass is 14.3. The fraction of sp³-hybridized carbons (Fsp3) is 0.615. The molecule has 0 nitrogen and oxygen atoms in total. The highest BCUT2D eigenvalue weighted by Gasteiger charge is 2.24. The minimum Gasteiger partial charge on any atom is -0.0630 e. The van der Waals surface area contributed by atoms with Crippen molar-refractivity contribution in [3.05, 3.63) is 29.2 Å². The van der Waals surface area contributed by atoms with Crippen LogP contribution in [0.25, 0.3) is 0 Å². The minimum atomic E-state index is 0.550. The van der Waals surface area contributed by atoms with Crippen LogP contribution in [0.5, 0.6) is 0 Å². The maximum Gasteiger partial charge on any atom is 0.00156 e. The van der Waals surface area contributed by atoms with E-state index in [4.69, 9.17) is 0 Å². The van der Waals surface area contributed by atoms with Crippen LogP contribution in [-0.2, 0) is 0 Å². The Balaban J connectivity index is 2.89. The summed E-state index contributed by atoms with van der Waals surface area (Å²) in [6, 6.07) is 0. The quantitative estimate of drug-likeness (QED) is 0.594. The zero-order valence-electron chi connectivity index (χ0n) is 9.57. The Bertz CT molecular complexity index is 240. The molecule has 0 fully saturated rings. The number of hydrogen-bond donors (Lipinski definition) is 0. The first-order valence-corrected chi connectivity index (χ1v) is 5.13. The standard InChI is InChI=1S/C13H21/c1-8(2)7-13-11(5)9(3)10(4)12(13)6/h8,13H,1,7H2,2-6H3. The van der Waals surface area contributed by atoms with Crippen molar-refractivity contribution in [1.82, 2.24) is 0 Å². The zero-order chi connectivity index (χ0) is 10.2. The van der Waals surface area contributed by atoms with Crippen LogP contribution in [0.1, 0.15) is 41.0 Å². The van der Waals surface area contributed by atoms with E-state index in [1.165, 1.54) is 17.6 Å². The van der Waals surface area contributed by atoms with Crippen LogP contribution in [0.2, 0.25) is 0 Å². The Morgan fingerprint density at radius 3 is 1.77 bits per heavy atom. The van der Waals surface area contributed by atoms with E-state index in [9.17, 15) is 0 Å². The molecule has 0 amide bonds. The molecule has 1 unspecified atom stereocenters. The van der Waals surface area contributed by atoms with Crippen molar-refractivity contribution in [3.63, 3.8) is 0 Å². The highest BCUT2D eigenvalue weighted by Crippen LogP contribution is 2.39. The molecule has 13 heavy (non-hydrogen) atoms. The molecule has 73 valence electrons. The summed E-state index contributed by atoms with van der Waals surface area (Å²) in [6.45, 7) is 15.3. The Kier molecular flexibility index (Phi) is 3.00. The van der Waals surface area contributed by atoms with Crippen LogP contribution in [-0.4, -0.2) is 0 Å². The van der Waals surface area contributed by atoms with Crippen LogP contribution in [0.3, 0.4) is 0 Å². The maximum atomic E-state index is 4.08. The number of hydrogen-bond acceptors (Lipinski definition) is 0. The largest absolute Gasteiger partial charge is 0.0630 e. The third kappa shape index (κ3) is 1.87. The summed E-state index contributed by atoms with van der Waals surface area (Å²) >= 11 is 0. The SMILES string of the molecule is [CH2]C(C)CC1C(C)=C(C)C(C)=C1C. The van der Waals surface area contributed by atoms with Crippen LogP contribution >= 0.6 is 0 Å². The van der Waals surface area contributed by atoms with Crippen LogP contribution in [0, 0.1) is 18.8 Å². The predicted molar refractivity (Wildman–Crippen MR) is 59.4 cm³/mol. The molecule has 1 aliphatic rings. The molecule has 1 aliphatic carbocycles. The van der Waals surface area contributed by atoms with Crippen molar-refractivity contribution in [2.24, 2.45) is 11.8 Å². The average molecular weight is 177 g/mol. The van der Waals surface area contributed by atoms with Gasteiger partial charge in [-0.05, 0) is 51.2 Å². The molecule has 0 saturated carbocycles.